The maximum Gasteiger partial charge on any atom is 0.0659 e. The summed E-state index contributed by atoms with van der Waals surface area (Å²) in [4.78, 5) is 0. The van der Waals surface area contributed by atoms with Crippen molar-refractivity contribution in [3.05, 3.63) is 52.3 Å². The Morgan fingerprint density at radius 3 is 2.88 bits per heavy atom. The molecule has 4 heteroatoms. The van der Waals surface area contributed by atoms with Gasteiger partial charge in [0.05, 0.1) is 17.2 Å². The summed E-state index contributed by atoms with van der Waals surface area (Å²) < 4.78 is 2.94. The monoisotopic (exact) mass is 293 g/mol. The Kier molecular flexibility index (Phi) is 4.34. The topological polar surface area (TPSA) is 29.9 Å². The zero-order chi connectivity index (χ0) is 12.1. The standard InChI is InChI=1S/C13H16BrN3/c1-2-15-7-11-4-3-5-12(6-11)9-17-10-13(14)8-16-17/h3-6,8,10,15H,2,7,9H2,1H3. The first-order valence-electron chi connectivity index (χ1n) is 5.74. The summed E-state index contributed by atoms with van der Waals surface area (Å²) in [5, 5.41) is 7.59. The van der Waals surface area contributed by atoms with E-state index in [1.807, 2.05) is 17.1 Å². The second kappa shape index (κ2) is 5.98. The van der Waals surface area contributed by atoms with Crippen molar-refractivity contribution in [2.45, 2.75) is 20.0 Å². The van der Waals surface area contributed by atoms with Crippen LogP contribution in [0.1, 0.15) is 18.1 Å². The quantitative estimate of drug-likeness (QED) is 0.919. The van der Waals surface area contributed by atoms with Crippen molar-refractivity contribution < 1.29 is 0 Å². The van der Waals surface area contributed by atoms with Gasteiger partial charge >= 0.3 is 0 Å². The van der Waals surface area contributed by atoms with Gasteiger partial charge in [-0.2, -0.15) is 5.10 Å². The molecule has 0 aliphatic heterocycles. The lowest BCUT2D eigenvalue weighted by Gasteiger charge is -2.06. The zero-order valence-corrected chi connectivity index (χ0v) is 11.4. The third-order valence-electron chi connectivity index (χ3n) is 2.52. The number of hydrogen-bond acceptors (Lipinski definition) is 2. The smallest absolute Gasteiger partial charge is 0.0659 e. The largest absolute Gasteiger partial charge is 0.313 e. The fourth-order valence-electron chi connectivity index (χ4n) is 1.72. The van der Waals surface area contributed by atoms with Crippen LogP contribution < -0.4 is 5.32 Å². The number of nitrogens with one attached hydrogen (secondary N) is 1. The summed E-state index contributed by atoms with van der Waals surface area (Å²) in [6, 6.07) is 8.59. The molecule has 0 amide bonds. The predicted octanol–water partition coefficient (Wildman–Crippen LogP) is 2.80. The Morgan fingerprint density at radius 2 is 2.18 bits per heavy atom. The molecule has 0 fully saturated rings. The van der Waals surface area contributed by atoms with Crippen LogP contribution in [0.3, 0.4) is 0 Å². The number of hydrogen-bond donors (Lipinski definition) is 1. The van der Waals surface area contributed by atoms with E-state index < -0.39 is 0 Å². The van der Waals surface area contributed by atoms with E-state index in [9.17, 15) is 0 Å². The normalized spacial score (nSPS) is 10.7. The minimum Gasteiger partial charge on any atom is -0.313 e. The number of benzene rings is 1. The van der Waals surface area contributed by atoms with Crippen molar-refractivity contribution >= 4 is 15.9 Å². The third kappa shape index (κ3) is 3.68. The van der Waals surface area contributed by atoms with E-state index in [0.29, 0.717) is 0 Å². The Labute approximate surface area is 110 Å². The van der Waals surface area contributed by atoms with Crippen LogP contribution in [0.2, 0.25) is 0 Å². The predicted molar refractivity (Wildman–Crippen MR) is 72.9 cm³/mol. The van der Waals surface area contributed by atoms with Crippen LogP contribution in [0.15, 0.2) is 41.1 Å². The second-order valence-electron chi connectivity index (χ2n) is 3.96. The summed E-state index contributed by atoms with van der Waals surface area (Å²) in [7, 11) is 0. The summed E-state index contributed by atoms with van der Waals surface area (Å²) in [5.41, 5.74) is 2.59. The molecule has 0 saturated heterocycles. The van der Waals surface area contributed by atoms with E-state index in [4.69, 9.17) is 0 Å². The van der Waals surface area contributed by atoms with Crippen LogP contribution in [-0.2, 0) is 13.1 Å². The molecule has 3 nitrogen and oxygen atoms in total. The minimum atomic E-state index is 0.811. The second-order valence-corrected chi connectivity index (χ2v) is 4.87. The highest BCUT2D eigenvalue weighted by atomic mass is 79.9. The van der Waals surface area contributed by atoms with Crippen LogP contribution in [0, 0.1) is 0 Å². The average Bonchev–Trinajstić information content (AvgIpc) is 2.73. The molecular weight excluding hydrogens is 278 g/mol. The lowest BCUT2D eigenvalue weighted by molar-refractivity contribution is 0.682. The van der Waals surface area contributed by atoms with Crippen molar-refractivity contribution in [1.29, 1.82) is 0 Å². The van der Waals surface area contributed by atoms with Crippen molar-refractivity contribution in [2.75, 3.05) is 6.54 Å². The van der Waals surface area contributed by atoms with E-state index in [1.165, 1.54) is 11.1 Å². The average molecular weight is 294 g/mol. The number of aromatic nitrogens is 2. The van der Waals surface area contributed by atoms with Gasteiger partial charge < -0.3 is 5.32 Å². The van der Waals surface area contributed by atoms with Crippen LogP contribution >= 0.6 is 15.9 Å². The summed E-state index contributed by atoms with van der Waals surface area (Å²) >= 11 is 3.40. The lowest BCUT2D eigenvalue weighted by atomic mass is 10.1. The van der Waals surface area contributed by atoms with Gasteiger partial charge in [0, 0.05) is 12.7 Å². The molecule has 0 unspecified atom stereocenters. The van der Waals surface area contributed by atoms with Crippen LogP contribution in [0.5, 0.6) is 0 Å². The Hall–Kier alpha value is -1.13. The summed E-state index contributed by atoms with van der Waals surface area (Å²) in [6.45, 7) is 4.85. The molecule has 90 valence electrons. The van der Waals surface area contributed by atoms with Gasteiger partial charge in [0.2, 0.25) is 0 Å². The Morgan fingerprint density at radius 1 is 1.35 bits per heavy atom. The fourth-order valence-corrected chi connectivity index (χ4v) is 2.05. The molecule has 1 N–H and O–H groups in total. The zero-order valence-electron chi connectivity index (χ0n) is 9.86. The van der Waals surface area contributed by atoms with Gasteiger partial charge in [0.15, 0.2) is 0 Å². The molecular formula is C13H16BrN3. The minimum absolute atomic E-state index is 0.811. The first kappa shape index (κ1) is 12.3. The first-order valence-corrected chi connectivity index (χ1v) is 6.53. The van der Waals surface area contributed by atoms with Crippen molar-refractivity contribution in [3.8, 4) is 0 Å². The van der Waals surface area contributed by atoms with E-state index in [0.717, 1.165) is 24.1 Å². The van der Waals surface area contributed by atoms with Gasteiger partial charge in [-0.25, -0.2) is 0 Å². The van der Waals surface area contributed by atoms with Crippen molar-refractivity contribution in [2.24, 2.45) is 0 Å². The van der Waals surface area contributed by atoms with Crippen LogP contribution in [0.25, 0.3) is 0 Å². The van der Waals surface area contributed by atoms with Gasteiger partial charge in [-0.1, -0.05) is 31.2 Å². The molecule has 0 atom stereocenters. The molecule has 2 aromatic rings. The number of nitrogens with zero attached hydrogens (tertiary/aromatic N) is 2. The highest BCUT2D eigenvalue weighted by Crippen LogP contribution is 2.10. The van der Waals surface area contributed by atoms with Gasteiger partial charge in [0.25, 0.3) is 0 Å². The van der Waals surface area contributed by atoms with E-state index >= 15 is 0 Å². The van der Waals surface area contributed by atoms with Gasteiger partial charge in [-0.3, -0.25) is 4.68 Å². The molecule has 0 radical (unpaired) electrons. The molecule has 1 heterocycles. The van der Waals surface area contributed by atoms with Gasteiger partial charge in [-0.15, -0.1) is 0 Å². The van der Waals surface area contributed by atoms with Crippen LogP contribution in [0.4, 0.5) is 0 Å². The third-order valence-corrected chi connectivity index (χ3v) is 2.93. The lowest BCUT2D eigenvalue weighted by Crippen LogP contribution is -2.12. The first-order chi connectivity index (χ1) is 8.28. The Bertz CT molecular complexity index is 479. The maximum atomic E-state index is 4.26. The molecule has 0 spiro atoms. The molecule has 0 bridgehead atoms. The van der Waals surface area contributed by atoms with Crippen molar-refractivity contribution in [3.63, 3.8) is 0 Å². The van der Waals surface area contributed by atoms with E-state index in [1.54, 1.807) is 0 Å². The molecule has 1 aromatic heterocycles. The molecule has 1 aromatic carbocycles. The van der Waals surface area contributed by atoms with E-state index in [2.05, 4.69) is 57.5 Å². The molecule has 0 aliphatic carbocycles. The Balaban J connectivity index is 2.05. The molecule has 0 aliphatic rings. The number of rotatable bonds is 5. The fraction of sp³-hybridized carbons (Fsp3) is 0.308. The van der Waals surface area contributed by atoms with Crippen LogP contribution in [-0.4, -0.2) is 16.3 Å². The van der Waals surface area contributed by atoms with Gasteiger partial charge in [-0.05, 0) is 33.6 Å². The molecule has 17 heavy (non-hydrogen) atoms. The highest BCUT2D eigenvalue weighted by Gasteiger charge is 1.99. The summed E-state index contributed by atoms with van der Waals surface area (Å²) in [6.07, 6.45) is 3.79. The van der Waals surface area contributed by atoms with E-state index in [-0.39, 0.29) is 0 Å². The molecule has 2 rings (SSSR count). The number of halogens is 1. The maximum absolute atomic E-state index is 4.26. The van der Waals surface area contributed by atoms with Gasteiger partial charge in [0.1, 0.15) is 0 Å². The SMILES string of the molecule is CCNCc1cccc(Cn2cc(Br)cn2)c1. The molecule has 0 saturated carbocycles. The summed E-state index contributed by atoms with van der Waals surface area (Å²) in [5.74, 6) is 0. The van der Waals surface area contributed by atoms with Crippen molar-refractivity contribution in [1.82, 2.24) is 15.1 Å². The highest BCUT2D eigenvalue weighted by molar-refractivity contribution is 9.10.